The van der Waals surface area contributed by atoms with Gasteiger partial charge in [-0.25, -0.2) is 0 Å². The van der Waals surface area contributed by atoms with Crippen LogP contribution in [0.25, 0.3) is 0 Å². The van der Waals surface area contributed by atoms with E-state index in [-0.39, 0.29) is 19.2 Å². The van der Waals surface area contributed by atoms with Crippen molar-refractivity contribution < 1.29 is 9.31 Å². The third kappa shape index (κ3) is 2.35. The molecular weight excluding hydrogens is 260 g/mol. The second-order valence-corrected chi connectivity index (χ2v) is 7.47. The first-order valence-electron chi connectivity index (χ1n) is 7.66. The minimum atomic E-state index is -0.194. The van der Waals surface area contributed by atoms with Gasteiger partial charge < -0.3 is 15.0 Å². The predicted molar refractivity (Wildman–Crippen MR) is 78.0 cm³/mol. The van der Waals surface area contributed by atoms with Crippen molar-refractivity contribution in [2.24, 2.45) is 23.0 Å². The van der Waals surface area contributed by atoms with E-state index in [4.69, 9.17) is 26.6 Å². The van der Waals surface area contributed by atoms with Crippen LogP contribution in [0.3, 0.4) is 0 Å². The topological polar surface area (TPSA) is 44.5 Å². The van der Waals surface area contributed by atoms with Gasteiger partial charge in [0.15, 0.2) is 0 Å². The van der Waals surface area contributed by atoms with Crippen LogP contribution in [0.4, 0.5) is 0 Å². The maximum absolute atomic E-state index is 6.21. The SMILES string of the molecule is CC1(C)C2CC1[C@H]1OB([C@@H](N)CCCCCl)O[C@H]1C2. The molecule has 4 fully saturated rings. The highest BCUT2D eigenvalue weighted by Crippen LogP contribution is 2.61. The zero-order valence-electron chi connectivity index (χ0n) is 12.0. The molecule has 0 aromatic carbocycles. The lowest BCUT2D eigenvalue weighted by Gasteiger charge is -2.60. The Labute approximate surface area is 121 Å². The molecule has 4 aliphatic rings. The van der Waals surface area contributed by atoms with E-state index in [1.165, 1.54) is 6.42 Å². The molecule has 0 aromatic rings. The molecule has 19 heavy (non-hydrogen) atoms. The van der Waals surface area contributed by atoms with Gasteiger partial charge in [0, 0.05) is 11.8 Å². The van der Waals surface area contributed by atoms with Crippen LogP contribution in [-0.2, 0) is 9.31 Å². The smallest absolute Gasteiger partial charge is 0.405 e. The summed E-state index contributed by atoms with van der Waals surface area (Å²) in [6.45, 7) is 4.75. The normalized spacial score (nSPS) is 40.7. The van der Waals surface area contributed by atoms with Crippen molar-refractivity contribution in [3.05, 3.63) is 0 Å². The van der Waals surface area contributed by atoms with Crippen molar-refractivity contribution in [2.75, 3.05) is 5.88 Å². The molecule has 1 saturated heterocycles. The van der Waals surface area contributed by atoms with Crippen LogP contribution in [-0.4, -0.2) is 31.1 Å². The number of rotatable bonds is 5. The van der Waals surface area contributed by atoms with E-state index in [9.17, 15) is 0 Å². The molecule has 2 unspecified atom stereocenters. The van der Waals surface area contributed by atoms with Gasteiger partial charge in [0.25, 0.3) is 0 Å². The van der Waals surface area contributed by atoms with Crippen LogP contribution in [0.2, 0.25) is 0 Å². The molecule has 5 heteroatoms. The van der Waals surface area contributed by atoms with Gasteiger partial charge in [0.1, 0.15) is 0 Å². The highest BCUT2D eigenvalue weighted by atomic mass is 35.5. The van der Waals surface area contributed by atoms with Gasteiger partial charge in [-0.1, -0.05) is 20.3 Å². The number of hydrogen-bond donors (Lipinski definition) is 1. The third-order valence-electron chi connectivity index (χ3n) is 5.70. The average molecular weight is 286 g/mol. The van der Waals surface area contributed by atoms with Crippen molar-refractivity contribution in [3.8, 4) is 0 Å². The largest absolute Gasteiger partial charge is 0.475 e. The second kappa shape index (κ2) is 5.21. The molecule has 4 rings (SSSR count). The van der Waals surface area contributed by atoms with Crippen molar-refractivity contribution in [1.29, 1.82) is 0 Å². The Morgan fingerprint density at radius 3 is 2.79 bits per heavy atom. The highest BCUT2D eigenvalue weighted by molar-refractivity contribution is 6.47. The maximum Gasteiger partial charge on any atom is 0.475 e. The van der Waals surface area contributed by atoms with E-state index >= 15 is 0 Å². The molecule has 3 saturated carbocycles. The summed E-state index contributed by atoms with van der Waals surface area (Å²) in [5.74, 6) is 2.18. The van der Waals surface area contributed by atoms with Crippen molar-refractivity contribution in [1.82, 2.24) is 0 Å². The lowest BCUT2D eigenvalue weighted by Crippen LogP contribution is -2.59. The number of unbranched alkanes of at least 4 members (excludes halogenated alkanes) is 1. The fourth-order valence-electron chi connectivity index (χ4n) is 4.17. The summed E-state index contributed by atoms with van der Waals surface area (Å²) in [4.78, 5) is 0. The summed E-state index contributed by atoms with van der Waals surface area (Å²) >= 11 is 5.70. The van der Waals surface area contributed by atoms with E-state index in [0.29, 0.717) is 23.3 Å². The zero-order chi connectivity index (χ0) is 13.6. The maximum atomic E-state index is 6.21. The number of hydrogen-bond acceptors (Lipinski definition) is 3. The first-order valence-corrected chi connectivity index (χ1v) is 8.20. The summed E-state index contributed by atoms with van der Waals surface area (Å²) in [6, 6.07) is 0. The fourth-order valence-corrected chi connectivity index (χ4v) is 4.36. The van der Waals surface area contributed by atoms with Crippen molar-refractivity contribution in [2.45, 2.75) is 64.1 Å². The van der Waals surface area contributed by atoms with Gasteiger partial charge in [0.2, 0.25) is 0 Å². The molecule has 2 bridgehead atoms. The highest BCUT2D eigenvalue weighted by Gasteiger charge is 2.62. The van der Waals surface area contributed by atoms with Gasteiger partial charge in [0.05, 0.1) is 12.2 Å². The molecule has 3 nitrogen and oxygen atoms in total. The Bertz CT molecular complexity index is 341. The Morgan fingerprint density at radius 1 is 1.32 bits per heavy atom. The third-order valence-corrected chi connectivity index (χ3v) is 5.96. The number of halogens is 1. The number of alkyl halides is 1. The Kier molecular flexibility index (Phi) is 3.89. The number of nitrogens with two attached hydrogens (primary N) is 1. The molecule has 0 aromatic heterocycles. The minimum Gasteiger partial charge on any atom is -0.405 e. The summed E-state index contributed by atoms with van der Waals surface area (Å²) in [7, 11) is -0.194. The Morgan fingerprint density at radius 2 is 2.11 bits per heavy atom. The van der Waals surface area contributed by atoms with Crippen LogP contribution < -0.4 is 5.73 Å². The second-order valence-electron chi connectivity index (χ2n) is 7.09. The monoisotopic (exact) mass is 285 g/mol. The van der Waals surface area contributed by atoms with E-state index in [1.807, 2.05) is 0 Å². The molecule has 2 N–H and O–H groups in total. The van der Waals surface area contributed by atoms with Gasteiger partial charge in [-0.3, -0.25) is 0 Å². The molecule has 0 radical (unpaired) electrons. The van der Waals surface area contributed by atoms with Crippen LogP contribution >= 0.6 is 11.6 Å². The molecule has 3 aliphatic carbocycles. The van der Waals surface area contributed by atoms with Gasteiger partial charge in [-0.15, -0.1) is 11.6 Å². The standard InChI is InChI=1S/C14H25BClNO2/c1-14(2)9-7-10(14)13-11(8-9)18-15(19-13)12(17)5-3-4-6-16/h9-13H,3-8,17H2,1-2H3/t9?,10?,11-,12-,13+/m0/s1. The molecule has 0 spiro atoms. The molecule has 5 atom stereocenters. The predicted octanol–water partition coefficient (Wildman–Crippen LogP) is 2.60. The van der Waals surface area contributed by atoms with Crippen LogP contribution in [0.5, 0.6) is 0 Å². The van der Waals surface area contributed by atoms with E-state index in [2.05, 4.69) is 13.8 Å². The molecule has 1 aliphatic heterocycles. The molecular formula is C14H25BClNO2. The summed E-state index contributed by atoms with van der Waals surface area (Å²) in [5.41, 5.74) is 6.64. The van der Waals surface area contributed by atoms with Crippen LogP contribution in [0.15, 0.2) is 0 Å². The van der Waals surface area contributed by atoms with Crippen molar-refractivity contribution >= 4 is 18.7 Å². The average Bonchev–Trinajstić information content (AvgIpc) is 2.82. The van der Waals surface area contributed by atoms with Crippen LogP contribution in [0, 0.1) is 17.3 Å². The van der Waals surface area contributed by atoms with Gasteiger partial charge in [-0.2, -0.15) is 0 Å². The van der Waals surface area contributed by atoms with Gasteiger partial charge >= 0.3 is 7.12 Å². The lowest BCUT2D eigenvalue weighted by molar-refractivity contribution is -0.150. The van der Waals surface area contributed by atoms with E-state index in [0.717, 1.165) is 31.6 Å². The molecule has 0 amide bonds. The minimum absolute atomic E-state index is 0.00544. The summed E-state index contributed by atoms with van der Waals surface area (Å²) in [5, 5.41) is 0. The summed E-state index contributed by atoms with van der Waals surface area (Å²) in [6.07, 6.45) is 6.05. The molecule has 108 valence electrons. The first kappa shape index (κ1) is 14.2. The quantitative estimate of drug-likeness (QED) is 0.480. The van der Waals surface area contributed by atoms with Gasteiger partial charge in [-0.05, 0) is 42.9 Å². The van der Waals surface area contributed by atoms with Crippen molar-refractivity contribution in [3.63, 3.8) is 0 Å². The Hall–Kier alpha value is 0.235. The van der Waals surface area contributed by atoms with E-state index in [1.54, 1.807) is 0 Å². The lowest BCUT2D eigenvalue weighted by atomic mass is 9.47. The Balaban J connectivity index is 1.55. The zero-order valence-corrected chi connectivity index (χ0v) is 12.7. The first-order chi connectivity index (χ1) is 9.04. The summed E-state index contributed by atoms with van der Waals surface area (Å²) < 4.78 is 12.2. The van der Waals surface area contributed by atoms with Crippen LogP contribution in [0.1, 0.15) is 46.0 Å². The molecule has 1 heterocycles. The van der Waals surface area contributed by atoms with E-state index < -0.39 is 0 Å². The fraction of sp³-hybridized carbons (Fsp3) is 1.00.